The number of methoxy groups -OCH3 is 1. The molecular weight excluding hydrogens is 250 g/mol. The highest BCUT2D eigenvalue weighted by molar-refractivity contribution is 5.96. The lowest BCUT2D eigenvalue weighted by Gasteiger charge is -2.08. The van der Waals surface area contributed by atoms with Crippen LogP contribution in [0.1, 0.15) is 27.9 Å². The predicted molar refractivity (Wildman–Crippen MR) is 54.1 cm³/mol. The fourth-order valence-corrected chi connectivity index (χ4v) is 1.39. The molecule has 0 atom stereocenters. The van der Waals surface area contributed by atoms with Gasteiger partial charge in [-0.05, 0) is 6.07 Å². The van der Waals surface area contributed by atoms with Crippen LogP contribution in [0.5, 0.6) is 0 Å². The van der Waals surface area contributed by atoms with Crippen molar-refractivity contribution in [3.05, 3.63) is 38.9 Å². The van der Waals surface area contributed by atoms with E-state index >= 15 is 0 Å². The van der Waals surface area contributed by atoms with Crippen molar-refractivity contribution in [1.82, 2.24) is 0 Å². The van der Waals surface area contributed by atoms with Crippen LogP contribution in [0.2, 0.25) is 0 Å². The van der Waals surface area contributed by atoms with Gasteiger partial charge in [0.1, 0.15) is 17.2 Å². The fourth-order valence-electron chi connectivity index (χ4n) is 1.39. The Morgan fingerprint density at radius 2 is 2.17 bits per heavy atom. The lowest BCUT2D eigenvalue weighted by atomic mass is 10.0. The maximum Gasteiger partial charge on any atom is 0.345 e. The summed E-state index contributed by atoms with van der Waals surface area (Å²) < 4.78 is 29.6. The summed E-state index contributed by atoms with van der Waals surface area (Å²) in [7, 11) is 0.903. The number of carbonyl (C=O) groups is 1. The molecule has 0 heterocycles. The molecule has 0 amide bonds. The van der Waals surface area contributed by atoms with Crippen molar-refractivity contribution in [1.29, 1.82) is 5.26 Å². The average Bonchev–Trinajstić information content (AvgIpc) is 2.35. The molecule has 6 nitrogen and oxygen atoms in total. The molecule has 0 aliphatic heterocycles. The number of benzene rings is 1. The zero-order chi connectivity index (χ0) is 13.9. The van der Waals surface area contributed by atoms with Gasteiger partial charge in [0.2, 0.25) is 0 Å². The van der Waals surface area contributed by atoms with E-state index in [0.717, 1.165) is 19.2 Å². The Balaban J connectivity index is 3.72. The Hall–Kier alpha value is -2.56. The zero-order valence-corrected chi connectivity index (χ0v) is 9.02. The van der Waals surface area contributed by atoms with E-state index in [9.17, 15) is 23.7 Å². The number of nitro groups is 1. The first-order valence-corrected chi connectivity index (χ1v) is 4.51. The molecule has 0 aromatic heterocycles. The summed E-state index contributed by atoms with van der Waals surface area (Å²) in [6.45, 7) is 0. The van der Waals surface area contributed by atoms with E-state index in [0.29, 0.717) is 0 Å². The van der Waals surface area contributed by atoms with E-state index in [1.165, 1.54) is 6.07 Å². The van der Waals surface area contributed by atoms with Gasteiger partial charge in [0, 0.05) is 5.56 Å². The van der Waals surface area contributed by atoms with Gasteiger partial charge in [-0.25, -0.2) is 13.6 Å². The number of hydrogen-bond donors (Lipinski definition) is 0. The van der Waals surface area contributed by atoms with Crippen molar-refractivity contribution in [3.63, 3.8) is 0 Å². The number of carbonyl (C=O) groups excluding carboxylic acids is 1. The van der Waals surface area contributed by atoms with E-state index in [-0.39, 0.29) is 0 Å². The molecular formula is C10H6F2N2O4. The maximum absolute atomic E-state index is 12.7. The third kappa shape index (κ3) is 2.24. The SMILES string of the molecule is COC(=O)c1c(C(F)F)ccc(C#N)c1[N+](=O)[O-]. The van der Waals surface area contributed by atoms with Crippen molar-refractivity contribution in [2.45, 2.75) is 6.43 Å². The number of nitriles is 1. The van der Waals surface area contributed by atoms with Gasteiger partial charge in [-0.2, -0.15) is 5.26 Å². The van der Waals surface area contributed by atoms with E-state index in [1.54, 1.807) is 0 Å². The number of ether oxygens (including phenoxy) is 1. The van der Waals surface area contributed by atoms with Crippen LogP contribution in [0.3, 0.4) is 0 Å². The summed E-state index contributed by atoms with van der Waals surface area (Å²) in [4.78, 5) is 21.1. The second-order valence-electron chi connectivity index (χ2n) is 3.09. The molecule has 1 aromatic rings. The van der Waals surface area contributed by atoms with Crippen molar-refractivity contribution in [2.75, 3.05) is 7.11 Å². The second kappa shape index (κ2) is 5.18. The minimum Gasteiger partial charge on any atom is -0.465 e. The Bertz CT molecular complexity index is 552. The highest BCUT2D eigenvalue weighted by Crippen LogP contribution is 2.33. The Labute approximate surface area is 99.5 Å². The predicted octanol–water partition coefficient (Wildman–Crippen LogP) is 2.19. The Morgan fingerprint density at radius 3 is 2.56 bits per heavy atom. The summed E-state index contributed by atoms with van der Waals surface area (Å²) in [5, 5.41) is 19.5. The number of halogens is 2. The Kier molecular flexibility index (Phi) is 3.89. The normalized spacial score (nSPS) is 9.94. The smallest absolute Gasteiger partial charge is 0.345 e. The molecule has 8 heteroatoms. The van der Waals surface area contributed by atoms with Gasteiger partial charge in [-0.15, -0.1) is 0 Å². The van der Waals surface area contributed by atoms with Crippen LogP contribution in [-0.4, -0.2) is 18.0 Å². The fraction of sp³-hybridized carbons (Fsp3) is 0.200. The highest BCUT2D eigenvalue weighted by Gasteiger charge is 2.32. The van der Waals surface area contributed by atoms with Crippen LogP contribution >= 0.6 is 0 Å². The van der Waals surface area contributed by atoms with Crippen molar-refractivity contribution < 1.29 is 23.2 Å². The minimum absolute atomic E-state index is 0.482. The molecule has 18 heavy (non-hydrogen) atoms. The molecule has 0 N–H and O–H groups in total. The number of esters is 1. The molecule has 0 saturated carbocycles. The number of nitro benzene ring substituents is 1. The van der Waals surface area contributed by atoms with Crippen LogP contribution in [-0.2, 0) is 4.74 Å². The maximum atomic E-state index is 12.7. The summed E-state index contributed by atoms with van der Waals surface area (Å²) in [6.07, 6.45) is -3.09. The molecule has 0 spiro atoms. The van der Waals surface area contributed by atoms with E-state index in [1.807, 2.05) is 0 Å². The van der Waals surface area contributed by atoms with Crippen LogP contribution in [0.15, 0.2) is 12.1 Å². The number of alkyl halides is 2. The summed E-state index contributed by atoms with van der Waals surface area (Å²) in [6, 6.07) is 3.13. The number of nitrogens with zero attached hydrogens (tertiary/aromatic N) is 2. The first-order valence-electron chi connectivity index (χ1n) is 4.51. The van der Waals surface area contributed by atoms with Crippen LogP contribution < -0.4 is 0 Å². The van der Waals surface area contributed by atoms with Gasteiger partial charge in [0.25, 0.3) is 6.43 Å². The summed E-state index contributed by atoms with van der Waals surface area (Å²) >= 11 is 0. The molecule has 94 valence electrons. The average molecular weight is 256 g/mol. The topological polar surface area (TPSA) is 93.2 Å². The Morgan fingerprint density at radius 1 is 1.56 bits per heavy atom. The van der Waals surface area contributed by atoms with Gasteiger partial charge in [-0.3, -0.25) is 10.1 Å². The molecule has 0 saturated heterocycles. The van der Waals surface area contributed by atoms with Crippen LogP contribution in [0.25, 0.3) is 0 Å². The molecule has 0 radical (unpaired) electrons. The van der Waals surface area contributed by atoms with Crippen molar-refractivity contribution in [3.8, 4) is 6.07 Å². The first-order chi connectivity index (χ1) is 8.43. The van der Waals surface area contributed by atoms with Gasteiger partial charge >= 0.3 is 11.7 Å². The third-order valence-corrected chi connectivity index (χ3v) is 2.14. The lowest BCUT2D eigenvalue weighted by molar-refractivity contribution is -0.385. The number of rotatable bonds is 3. The van der Waals surface area contributed by atoms with Crippen LogP contribution in [0, 0.1) is 21.4 Å². The quantitative estimate of drug-likeness (QED) is 0.469. The van der Waals surface area contributed by atoms with Gasteiger partial charge in [0.05, 0.1) is 12.0 Å². The standard InChI is InChI=1S/C10H6F2N2O4/c1-18-10(15)7-6(9(11)12)3-2-5(4-13)8(7)14(16)17/h2-3,9H,1H3. The van der Waals surface area contributed by atoms with Crippen molar-refractivity contribution in [2.24, 2.45) is 0 Å². The summed E-state index contributed by atoms with van der Waals surface area (Å²) in [5.41, 5.74) is -3.18. The third-order valence-electron chi connectivity index (χ3n) is 2.14. The van der Waals surface area contributed by atoms with E-state index < -0.39 is 39.7 Å². The van der Waals surface area contributed by atoms with Crippen molar-refractivity contribution >= 4 is 11.7 Å². The van der Waals surface area contributed by atoms with E-state index in [2.05, 4.69) is 4.74 Å². The number of hydrogen-bond acceptors (Lipinski definition) is 5. The minimum atomic E-state index is -3.09. The van der Waals surface area contributed by atoms with Gasteiger partial charge in [0.15, 0.2) is 0 Å². The van der Waals surface area contributed by atoms with Crippen LogP contribution in [0.4, 0.5) is 14.5 Å². The summed E-state index contributed by atoms with van der Waals surface area (Å²) in [5.74, 6) is -1.28. The monoisotopic (exact) mass is 256 g/mol. The molecule has 0 aliphatic carbocycles. The van der Waals surface area contributed by atoms with Gasteiger partial charge in [-0.1, -0.05) is 6.07 Å². The second-order valence-corrected chi connectivity index (χ2v) is 3.09. The molecule has 1 aromatic carbocycles. The largest absolute Gasteiger partial charge is 0.465 e. The highest BCUT2D eigenvalue weighted by atomic mass is 19.3. The van der Waals surface area contributed by atoms with E-state index in [4.69, 9.17) is 5.26 Å². The first kappa shape index (κ1) is 13.5. The lowest BCUT2D eigenvalue weighted by Crippen LogP contribution is -2.11. The molecule has 0 aliphatic rings. The molecule has 0 bridgehead atoms. The molecule has 0 fully saturated rings. The zero-order valence-electron chi connectivity index (χ0n) is 9.02. The molecule has 0 unspecified atom stereocenters. The molecule has 1 rings (SSSR count). The van der Waals surface area contributed by atoms with Gasteiger partial charge < -0.3 is 4.74 Å².